The number of carbonyl (C=O) groups excluding carboxylic acids is 2. The lowest BCUT2D eigenvalue weighted by molar-refractivity contribution is -0.142. The van der Waals surface area contributed by atoms with Crippen molar-refractivity contribution in [3.63, 3.8) is 0 Å². The normalized spacial score (nSPS) is 14.6. The first kappa shape index (κ1) is 22.8. The fraction of sp³-hybridized carbons (Fsp3) is 0.333. The Morgan fingerprint density at radius 1 is 1.06 bits per heavy atom. The Labute approximate surface area is 191 Å². The average Bonchev–Trinajstić information content (AvgIpc) is 3.22. The minimum absolute atomic E-state index is 0.0773. The second-order valence-corrected chi connectivity index (χ2v) is 7.75. The van der Waals surface area contributed by atoms with E-state index in [1.807, 2.05) is 0 Å². The smallest absolute Gasteiger partial charge is 0.433 e. The van der Waals surface area contributed by atoms with Gasteiger partial charge in [0.1, 0.15) is 0 Å². The SMILES string of the molecule is CCOC(=O)N1CCN(C(=O)c2cc3nc(-c4ccc(Cl)cc4)cc(C(F)(F)F)n3n2)CC1. The van der Waals surface area contributed by atoms with Crippen molar-refractivity contribution in [2.75, 3.05) is 32.8 Å². The summed E-state index contributed by atoms with van der Waals surface area (Å²) in [6, 6.07) is 8.35. The Morgan fingerprint density at radius 2 is 1.70 bits per heavy atom. The first-order chi connectivity index (χ1) is 15.7. The van der Waals surface area contributed by atoms with E-state index in [0.717, 1.165) is 6.07 Å². The molecule has 12 heteroatoms. The molecule has 0 unspecified atom stereocenters. The molecule has 2 amide bonds. The van der Waals surface area contributed by atoms with E-state index in [0.29, 0.717) is 15.1 Å². The van der Waals surface area contributed by atoms with Gasteiger partial charge in [-0.2, -0.15) is 18.3 Å². The predicted molar refractivity (Wildman–Crippen MR) is 113 cm³/mol. The van der Waals surface area contributed by atoms with Crippen LogP contribution in [0.1, 0.15) is 23.1 Å². The van der Waals surface area contributed by atoms with Gasteiger partial charge < -0.3 is 14.5 Å². The molecule has 0 atom stereocenters. The number of hydrogen-bond donors (Lipinski definition) is 0. The number of amides is 2. The summed E-state index contributed by atoms with van der Waals surface area (Å²) in [6.07, 6.45) is -5.19. The predicted octanol–water partition coefficient (Wildman–Crippen LogP) is 3.98. The molecule has 2 aromatic heterocycles. The van der Waals surface area contributed by atoms with Crippen molar-refractivity contribution in [3.8, 4) is 11.3 Å². The van der Waals surface area contributed by atoms with Crippen molar-refractivity contribution in [1.29, 1.82) is 0 Å². The summed E-state index contributed by atoms with van der Waals surface area (Å²) in [6.45, 7) is 2.87. The highest BCUT2D eigenvalue weighted by Gasteiger charge is 2.36. The number of aromatic nitrogens is 3. The molecule has 1 aliphatic rings. The van der Waals surface area contributed by atoms with Crippen molar-refractivity contribution in [2.24, 2.45) is 0 Å². The Hall–Kier alpha value is -3.34. The molecule has 8 nitrogen and oxygen atoms in total. The molecular weight excluding hydrogens is 463 g/mol. The van der Waals surface area contributed by atoms with Gasteiger partial charge in [-0.05, 0) is 25.1 Å². The minimum atomic E-state index is -4.72. The van der Waals surface area contributed by atoms with Gasteiger partial charge in [-0.15, -0.1) is 0 Å². The minimum Gasteiger partial charge on any atom is -0.450 e. The van der Waals surface area contributed by atoms with E-state index in [1.54, 1.807) is 31.2 Å². The first-order valence-corrected chi connectivity index (χ1v) is 10.5. The van der Waals surface area contributed by atoms with Crippen LogP contribution in [0, 0.1) is 0 Å². The number of nitrogens with zero attached hydrogens (tertiary/aromatic N) is 5. The third-order valence-corrected chi connectivity index (χ3v) is 5.42. The molecule has 1 aromatic carbocycles. The molecule has 0 bridgehead atoms. The van der Waals surface area contributed by atoms with Crippen LogP contribution in [0.25, 0.3) is 16.9 Å². The third-order valence-electron chi connectivity index (χ3n) is 5.17. The number of alkyl halides is 3. The monoisotopic (exact) mass is 481 g/mol. The maximum absolute atomic E-state index is 13.8. The quantitative estimate of drug-likeness (QED) is 0.565. The summed E-state index contributed by atoms with van der Waals surface area (Å²) in [5.74, 6) is -0.537. The molecule has 3 aromatic rings. The molecule has 3 heterocycles. The largest absolute Gasteiger partial charge is 0.450 e. The van der Waals surface area contributed by atoms with Crippen LogP contribution in [0.15, 0.2) is 36.4 Å². The molecule has 4 rings (SSSR count). The number of ether oxygens (including phenoxy) is 1. The standard InChI is InChI=1S/C21H19ClF3N5O3/c1-2-33-20(32)29-9-7-28(8-10-29)19(31)16-12-18-26-15(13-3-5-14(22)6-4-13)11-17(21(23,24)25)30(18)27-16/h3-6,11-12H,2,7-10H2,1H3. The molecule has 33 heavy (non-hydrogen) atoms. The maximum atomic E-state index is 13.8. The van der Waals surface area contributed by atoms with Crippen LogP contribution in [0.4, 0.5) is 18.0 Å². The third kappa shape index (κ3) is 4.72. The van der Waals surface area contributed by atoms with Gasteiger partial charge in [-0.3, -0.25) is 4.79 Å². The van der Waals surface area contributed by atoms with Gasteiger partial charge in [0.05, 0.1) is 12.3 Å². The number of fused-ring (bicyclic) bond motifs is 1. The lowest BCUT2D eigenvalue weighted by Gasteiger charge is -2.33. The number of benzene rings is 1. The van der Waals surface area contributed by atoms with Gasteiger partial charge >= 0.3 is 12.3 Å². The lowest BCUT2D eigenvalue weighted by Crippen LogP contribution is -2.50. The van der Waals surface area contributed by atoms with Gasteiger partial charge in [0, 0.05) is 42.8 Å². The van der Waals surface area contributed by atoms with E-state index in [9.17, 15) is 22.8 Å². The highest BCUT2D eigenvalue weighted by molar-refractivity contribution is 6.30. The van der Waals surface area contributed by atoms with Crippen LogP contribution >= 0.6 is 11.6 Å². The summed E-state index contributed by atoms with van der Waals surface area (Å²) in [4.78, 5) is 31.9. The number of piperazine rings is 1. The second kappa shape index (κ2) is 8.89. The molecule has 0 spiro atoms. The first-order valence-electron chi connectivity index (χ1n) is 10.1. The fourth-order valence-electron chi connectivity index (χ4n) is 3.52. The van der Waals surface area contributed by atoms with Crippen molar-refractivity contribution >= 4 is 29.2 Å². The fourth-order valence-corrected chi connectivity index (χ4v) is 3.64. The highest BCUT2D eigenvalue weighted by atomic mass is 35.5. The van der Waals surface area contributed by atoms with E-state index >= 15 is 0 Å². The summed E-state index contributed by atoms with van der Waals surface area (Å²) < 4.78 is 46.9. The van der Waals surface area contributed by atoms with Crippen LogP contribution in [-0.4, -0.2) is 69.2 Å². The van der Waals surface area contributed by atoms with Gasteiger partial charge in [0.25, 0.3) is 5.91 Å². The number of rotatable bonds is 3. The molecular formula is C21H19ClF3N5O3. The molecule has 1 aliphatic heterocycles. The van der Waals surface area contributed by atoms with E-state index in [1.165, 1.54) is 15.9 Å². The van der Waals surface area contributed by atoms with Crippen molar-refractivity contribution < 1.29 is 27.5 Å². The van der Waals surface area contributed by atoms with Crippen molar-refractivity contribution in [2.45, 2.75) is 13.1 Å². The summed E-state index contributed by atoms with van der Waals surface area (Å²) in [5, 5.41) is 4.34. The van der Waals surface area contributed by atoms with Crippen LogP contribution in [0.2, 0.25) is 5.02 Å². The van der Waals surface area contributed by atoms with Gasteiger partial charge in [-0.1, -0.05) is 23.7 Å². The summed E-state index contributed by atoms with van der Waals surface area (Å²) in [5.41, 5.74) is -0.803. The van der Waals surface area contributed by atoms with Crippen LogP contribution in [0.5, 0.6) is 0 Å². The van der Waals surface area contributed by atoms with Crippen LogP contribution in [0.3, 0.4) is 0 Å². The Balaban J connectivity index is 1.64. The van der Waals surface area contributed by atoms with E-state index in [4.69, 9.17) is 16.3 Å². The van der Waals surface area contributed by atoms with E-state index in [2.05, 4.69) is 10.1 Å². The topological polar surface area (TPSA) is 80.0 Å². The average molecular weight is 482 g/mol. The molecule has 174 valence electrons. The summed E-state index contributed by atoms with van der Waals surface area (Å²) in [7, 11) is 0. The molecule has 0 saturated carbocycles. The molecule has 0 radical (unpaired) electrons. The van der Waals surface area contributed by atoms with Gasteiger partial charge in [0.2, 0.25) is 0 Å². The van der Waals surface area contributed by atoms with Crippen LogP contribution in [-0.2, 0) is 10.9 Å². The van der Waals surface area contributed by atoms with Gasteiger partial charge in [0.15, 0.2) is 17.0 Å². The number of halogens is 4. The Morgan fingerprint density at radius 3 is 2.30 bits per heavy atom. The Bertz CT molecular complexity index is 1190. The number of hydrogen-bond acceptors (Lipinski definition) is 5. The maximum Gasteiger partial charge on any atom is 0.433 e. The zero-order valence-corrected chi connectivity index (χ0v) is 18.2. The highest BCUT2D eigenvalue weighted by Crippen LogP contribution is 2.32. The summed E-state index contributed by atoms with van der Waals surface area (Å²) >= 11 is 5.87. The second-order valence-electron chi connectivity index (χ2n) is 7.31. The van der Waals surface area contributed by atoms with E-state index in [-0.39, 0.29) is 49.8 Å². The Kier molecular flexibility index (Phi) is 6.15. The lowest BCUT2D eigenvalue weighted by atomic mass is 10.1. The van der Waals surface area contributed by atoms with Crippen molar-refractivity contribution in [1.82, 2.24) is 24.4 Å². The van der Waals surface area contributed by atoms with Crippen LogP contribution < -0.4 is 0 Å². The molecule has 0 aliphatic carbocycles. The van der Waals surface area contributed by atoms with Gasteiger partial charge in [-0.25, -0.2) is 14.3 Å². The zero-order chi connectivity index (χ0) is 23.8. The molecule has 1 fully saturated rings. The van der Waals surface area contributed by atoms with Crippen molar-refractivity contribution in [3.05, 3.63) is 52.8 Å². The molecule has 0 N–H and O–H groups in total. The zero-order valence-electron chi connectivity index (χ0n) is 17.5. The number of carbonyl (C=O) groups is 2. The van der Waals surface area contributed by atoms with E-state index < -0.39 is 23.9 Å². The molecule has 1 saturated heterocycles.